The number of carbonyl (C=O) groups excluding carboxylic acids is 1. The van der Waals surface area contributed by atoms with Crippen LogP contribution in [0.25, 0.3) is 0 Å². The number of amides is 1. The lowest BCUT2D eigenvalue weighted by Crippen LogP contribution is -2.48. The number of rotatable bonds is 7. The van der Waals surface area contributed by atoms with E-state index in [0.717, 1.165) is 0 Å². The molecule has 0 saturated carbocycles. The molecule has 1 atom stereocenters. The number of halogens is 2. The van der Waals surface area contributed by atoms with Crippen molar-refractivity contribution >= 4 is 35.1 Å². The van der Waals surface area contributed by atoms with E-state index in [1.807, 2.05) is 0 Å². The van der Waals surface area contributed by atoms with Crippen LogP contribution in [0.3, 0.4) is 0 Å². The van der Waals surface area contributed by atoms with Crippen LogP contribution in [0.4, 0.5) is 0 Å². The van der Waals surface area contributed by atoms with Gasteiger partial charge in [0.25, 0.3) is 5.91 Å². The summed E-state index contributed by atoms with van der Waals surface area (Å²) in [6.45, 7) is 3.22. The maximum atomic E-state index is 12.7. The Morgan fingerprint density at radius 3 is 2.04 bits per heavy atom. The normalized spacial score (nSPS) is 12.3. The standard InChI is InChI=1S/C19H19Cl2NO4/c1-19(2,26-15-9-7-14(21)8-10-15)18(25)22-16(11-17(23)24)12-3-5-13(20)6-4-12/h3-10,16H,11H2,1-2H3,(H,22,25)(H,23,24). The van der Waals surface area contributed by atoms with Crippen molar-refractivity contribution in [1.29, 1.82) is 0 Å². The smallest absolute Gasteiger partial charge is 0.305 e. The predicted molar refractivity (Wildman–Crippen MR) is 101 cm³/mol. The second-order valence-electron chi connectivity index (χ2n) is 6.24. The topological polar surface area (TPSA) is 75.6 Å². The zero-order valence-electron chi connectivity index (χ0n) is 14.3. The molecule has 0 radical (unpaired) electrons. The summed E-state index contributed by atoms with van der Waals surface area (Å²) in [5.41, 5.74) is -0.566. The lowest BCUT2D eigenvalue weighted by Gasteiger charge is -2.28. The van der Waals surface area contributed by atoms with Gasteiger partial charge in [0.2, 0.25) is 0 Å². The van der Waals surface area contributed by atoms with Gasteiger partial charge < -0.3 is 15.2 Å². The van der Waals surface area contributed by atoms with Crippen LogP contribution in [0.1, 0.15) is 31.9 Å². The molecule has 0 spiro atoms. The molecule has 1 amide bonds. The summed E-state index contributed by atoms with van der Waals surface area (Å²) in [7, 11) is 0. The summed E-state index contributed by atoms with van der Waals surface area (Å²) < 4.78 is 5.74. The van der Waals surface area contributed by atoms with Crippen LogP contribution >= 0.6 is 23.2 Å². The van der Waals surface area contributed by atoms with Gasteiger partial charge in [-0.1, -0.05) is 35.3 Å². The first-order valence-corrected chi connectivity index (χ1v) is 8.66. The number of benzene rings is 2. The monoisotopic (exact) mass is 395 g/mol. The van der Waals surface area contributed by atoms with Crippen molar-refractivity contribution in [2.75, 3.05) is 0 Å². The molecule has 7 heteroatoms. The third-order valence-electron chi connectivity index (χ3n) is 3.69. The fraction of sp³-hybridized carbons (Fsp3) is 0.263. The Balaban J connectivity index is 2.14. The SMILES string of the molecule is CC(C)(Oc1ccc(Cl)cc1)C(=O)NC(CC(=O)O)c1ccc(Cl)cc1. The van der Waals surface area contributed by atoms with Crippen molar-refractivity contribution < 1.29 is 19.4 Å². The summed E-state index contributed by atoms with van der Waals surface area (Å²) in [6.07, 6.45) is -0.260. The van der Waals surface area contributed by atoms with E-state index in [2.05, 4.69) is 5.32 Å². The van der Waals surface area contributed by atoms with Gasteiger partial charge in [-0.15, -0.1) is 0 Å². The predicted octanol–water partition coefficient (Wildman–Crippen LogP) is 4.48. The molecular formula is C19H19Cl2NO4. The molecule has 26 heavy (non-hydrogen) atoms. The molecule has 5 nitrogen and oxygen atoms in total. The molecule has 2 aromatic carbocycles. The van der Waals surface area contributed by atoms with Crippen molar-refractivity contribution in [2.45, 2.75) is 31.9 Å². The van der Waals surface area contributed by atoms with Gasteiger partial charge >= 0.3 is 5.97 Å². The van der Waals surface area contributed by atoms with Crippen molar-refractivity contribution in [3.63, 3.8) is 0 Å². The average Bonchev–Trinajstić information content (AvgIpc) is 2.56. The lowest BCUT2D eigenvalue weighted by atomic mass is 10.0. The first-order chi connectivity index (χ1) is 12.2. The highest BCUT2D eigenvalue weighted by atomic mass is 35.5. The van der Waals surface area contributed by atoms with E-state index in [4.69, 9.17) is 33.0 Å². The van der Waals surface area contributed by atoms with E-state index in [-0.39, 0.29) is 6.42 Å². The Hall–Kier alpha value is -2.24. The van der Waals surface area contributed by atoms with E-state index in [1.165, 1.54) is 0 Å². The molecule has 2 aromatic rings. The Labute approximate surface area is 161 Å². The van der Waals surface area contributed by atoms with Gasteiger partial charge in [0.1, 0.15) is 5.75 Å². The highest BCUT2D eigenvalue weighted by Crippen LogP contribution is 2.24. The summed E-state index contributed by atoms with van der Waals surface area (Å²) in [5.74, 6) is -0.980. The number of hydrogen-bond acceptors (Lipinski definition) is 3. The fourth-order valence-corrected chi connectivity index (χ4v) is 2.55. The lowest BCUT2D eigenvalue weighted by molar-refractivity contribution is -0.139. The molecule has 0 bridgehead atoms. The fourth-order valence-electron chi connectivity index (χ4n) is 2.30. The molecule has 0 aliphatic rings. The minimum atomic E-state index is -1.21. The molecule has 0 heterocycles. The number of carbonyl (C=O) groups is 2. The highest BCUT2D eigenvalue weighted by molar-refractivity contribution is 6.30. The number of carboxylic acid groups (broad SMARTS) is 1. The molecule has 0 fully saturated rings. The molecule has 0 saturated heterocycles. The molecular weight excluding hydrogens is 377 g/mol. The van der Waals surface area contributed by atoms with Crippen LogP contribution in [0.5, 0.6) is 5.75 Å². The summed E-state index contributed by atoms with van der Waals surface area (Å²) in [6, 6.07) is 12.6. The number of nitrogens with one attached hydrogen (secondary N) is 1. The third-order valence-corrected chi connectivity index (χ3v) is 4.19. The Morgan fingerprint density at radius 1 is 1.04 bits per heavy atom. The minimum absolute atomic E-state index is 0.260. The van der Waals surface area contributed by atoms with Gasteiger partial charge in [0.15, 0.2) is 5.60 Å². The van der Waals surface area contributed by atoms with Crippen molar-refractivity contribution in [3.05, 3.63) is 64.1 Å². The number of ether oxygens (including phenoxy) is 1. The molecule has 0 aromatic heterocycles. The summed E-state index contributed by atoms with van der Waals surface area (Å²) in [5, 5.41) is 13.0. The Morgan fingerprint density at radius 2 is 1.54 bits per heavy atom. The van der Waals surface area contributed by atoms with E-state index < -0.39 is 23.5 Å². The summed E-state index contributed by atoms with van der Waals surface area (Å²) >= 11 is 11.7. The van der Waals surface area contributed by atoms with Gasteiger partial charge in [-0.25, -0.2) is 0 Å². The van der Waals surface area contributed by atoms with Crippen LogP contribution in [-0.2, 0) is 9.59 Å². The van der Waals surface area contributed by atoms with E-state index >= 15 is 0 Å². The second-order valence-corrected chi connectivity index (χ2v) is 7.11. The molecule has 138 valence electrons. The number of carboxylic acids is 1. The molecule has 2 N–H and O–H groups in total. The quantitative estimate of drug-likeness (QED) is 0.724. The average molecular weight is 396 g/mol. The maximum Gasteiger partial charge on any atom is 0.305 e. The van der Waals surface area contributed by atoms with E-state index in [9.17, 15) is 9.59 Å². The Kier molecular flexibility index (Phi) is 6.51. The third kappa shape index (κ3) is 5.64. The largest absolute Gasteiger partial charge is 0.481 e. The van der Waals surface area contributed by atoms with Gasteiger partial charge in [0.05, 0.1) is 12.5 Å². The molecule has 0 aliphatic carbocycles. The van der Waals surface area contributed by atoms with Crippen LogP contribution in [0.15, 0.2) is 48.5 Å². The molecule has 2 rings (SSSR count). The number of hydrogen-bond donors (Lipinski definition) is 2. The highest BCUT2D eigenvalue weighted by Gasteiger charge is 2.32. The van der Waals surface area contributed by atoms with Crippen LogP contribution in [0.2, 0.25) is 10.0 Å². The van der Waals surface area contributed by atoms with Gasteiger partial charge in [-0.3, -0.25) is 9.59 Å². The van der Waals surface area contributed by atoms with Crippen LogP contribution in [-0.4, -0.2) is 22.6 Å². The number of aliphatic carboxylic acids is 1. The van der Waals surface area contributed by atoms with Gasteiger partial charge in [-0.05, 0) is 55.8 Å². The van der Waals surface area contributed by atoms with Crippen LogP contribution in [0, 0.1) is 0 Å². The van der Waals surface area contributed by atoms with Crippen molar-refractivity contribution in [2.24, 2.45) is 0 Å². The summed E-state index contributed by atoms with van der Waals surface area (Å²) in [4.78, 5) is 23.9. The first-order valence-electron chi connectivity index (χ1n) is 7.90. The van der Waals surface area contributed by atoms with Crippen molar-refractivity contribution in [3.8, 4) is 5.75 Å². The first kappa shape index (κ1) is 20.1. The Bertz CT molecular complexity index is 773. The van der Waals surface area contributed by atoms with E-state index in [1.54, 1.807) is 62.4 Å². The van der Waals surface area contributed by atoms with Gasteiger partial charge in [0, 0.05) is 10.0 Å². The maximum absolute atomic E-state index is 12.7. The second kappa shape index (κ2) is 8.43. The minimum Gasteiger partial charge on any atom is -0.481 e. The van der Waals surface area contributed by atoms with E-state index in [0.29, 0.717) is 21.4 Å². The molecule has 0 aliphatic heterocycles. The zero-order chi connectivity index (χ0) is 19.3. The zero-order valence-corrected chi connectivity index (χ0v) is 15.8. The van der Waals surface area contributed by atoms with Gasteiger partial charge in [-0.2, -0.15) is 0 Å². The van der Waals surface area contributed by atoms with Crippen molar-refractivity contribution in [1.82, 2.24) is 5.32 Å². The molecule has 1 unspecified atom stereocenters. The van der Waals surface area contributed by atoms with Crippen LogP contribution < -0.4 is 10.1 Å².